The molecule has 2 rings (SSSR count). The minimum atomic E-state index is -0.689. The number of hydrogen-bond donors (Lipinski definition) is 1. The molecule has 23 heavy (non-hydrogen) atoms. The zero-order valence-electron chi connectivity index (χ0n) is 14.5. The molecule has 1 heterocycles. The van der Waals surface area contributed by atoms with Gasteiger partial charge in [-0.1, -0.05) is 6.92 Å². The van der Waals surface area contributed by atoms with E-state index in [0.29, 0.717) is 18.6 Å². The van der Waals surface area contributed by atoms with E-state index in [4.69, 9.17) is 4.74 Å². The maximum Gasteiger partial charge on any atom is 0.246 e. The number of benzene rings is 1. The van der Waals surface area contributed by atoms with Crippen molar-refractivity contribution in [1.82, 2.24) is 0 Å². The second kappa shape index (κ2) is 6.22. The van der Waals surface area contributed by atoms with E-state index in [1.807, 2.05) is 34.6 Å². The van der Waals surface area contributed by atoms with Crippen LogP contribution in [-0.4, -0.2) is 15.6 Å². The summed E-state index contributed by atoms with van der Waals surface area (Å²) in [6.07, 6.45) is 4.22. The van der Waals surface area contributed by atoms with E-state index in [2.05, 4.69) is 0 Å². The number of hydrogen-bond acceptors (Lipinski definition) is 4. The molecule has 1 atom stereocenters. The molecule has 1 aliphatic rings. The van der Waals surface area contributed by atoms with Gasteiger partial charge in [-0.05, 0) is 63.6 Å². The predicted octanol–water partition coefficient (Wildman–Crippen LogP) is 4.36. The summed E-state index contributed by atoms with van der Waals surface area (Å²) in [7, 11) is 0. The Morgan fingerprint density at radius 1 is 1.35 bits per heavy atom. The van der Waals surface area contributed by atoms with Crippen molar-refractivity contribution in [2.45, 2.75) is 65.9 Å². The topological polar surface area (TPSA) is 72.6 Å². The van der Waals surface area contributed by atoms with Crippen molar-refractivity contribution >= 4 is 0 Å². The van der Waals surface area contributed by atoms with Crippen molar-refractivity contribution in [3.05, 3.63) is 44.1 Å². The Balaban J connectivity index is 2.47. The number of nitro groups is 1. The number of phenols is 1. The number of aromatic hydroxyl groups is 1. The van der Waals surface area contributed by atoms with Gasteiger partial charge in [-0.3, -0.25) is 10.1 Å². The molecule has 5 nitrogen and oxygen atoms in total. The molecule has 0 fully saturated rings. The third-order valence-electron chi connectivity index (χ3n) is 4.76. The van der Waals surface area contributed by atoms with Gasteiger partial charge in [0.05, 0.1) is 4.92 Å². The number of ether oxygens (including phenoxy) is 1. The van der Waals surface area contributed by atoms with Gasteiger partial charge in [0, 0.05) is 18.1 Å². The smallest absolute Gasteiger partial charge is 0.246 e. The van der Waals surface area contributed by atoms with Crippen LogP contribution in [0.3, 0.4) is 0 Å². The first-order chi connectivity index (χ1) is 10.7. The van der Waals surface area contributed by atoms with Gasteiger partial charge < -0.3 is 9.84 Å². The van der Waals surface area contributed by atoms with Gasteiger partial charge in [0.1, 0.15) is 17.1 Å². The van der Waals surface area contributed by atoms with Gasteiger partial charge in [-0.15, -0.1) is 0 Å². The monoisotopic (exact) mass is 319 g/mol. The summed E-state index contributed by atoms with van der Waals surface area (Å²) in [6.45, 7) is 9.50. The lowest BCUT2D eigenvalue weighted by atomic mass is 9.86. The quantitative estimate of drug-likeness (QED) is 0.661. The van der Waals surface area contributed by atoms with Crippen LogP contribution in [0.2, 0.25) is 0 Å². The molecule has 0 saturated heterocycles. The maximum atomic E-state index is 11.2. The van der Waals surface area contributed by atoms with Gasteiger partial charge in [-0.25, -0.2) is 0 Å². The molecule has 0 aliphatic carbocycles. The third kappa shape index (κ3) is 3.19. The van der Waals surface area contributed by atoms with Crippen LogP contribution in [-0.2, 0) is 6.42 Å². The van der Waals surface area contributed by atoms with Gasteiger partial charge in [0.15, 0.2) is 0 Å². The van der Waals surface area contributed by atoms with Crippen LogP contribution in [0.15, 0.2) is 11.8 Å². The summed E-state index contributed by atoms with van der Waals surface area (Å²) in [5, 5.41) is 21.4. The highest BCUT2D eigenvalue weighted by Crippen LogP contribution is 2.43. The summed E-state index contributed by atoms with van der Waals surface area (Å²) in [5.41, 5.74) is 3.08. The SMILES string of the molecule is CCCC(=CC1(C)CCc2c(C)c(O)c(C)c(C)c2O1)[N+](=O)[O-]. The fourth-order valence-corrected chi connectivity index (χ4v) is 3.19. The molecule has 0 bridgehead atoms. The van der Waals surface area contributed by atoms with Crippen molar-refractivity contribution in [2.24, 2.45) is 0 Å². The second-order valence-electron chi connectivity index (χ2n) is 6.59. The Kier molecular flexibility index (Phi) is 4.68. The van der Waals surface area contributed by atoms with E-state index in [0.717, 1.165) is 40.8 Å². The Hall–Kier alpha value is -2.04. The summed E-state index contributed by atoms with van der Waals surface area (Å²) >= 11 is 0. The lowest BCUT2D eigenvalue weighted by Gasteiger charge is -2.35. The van der Waals surface area contributed by atoms with Gasteiger partial charge in [-0.2, -0.15) is 0 Å². The first-order valence-electron chi connectivity index (χ1n) is 8.07. The van der Waals surface area contributed by atoms with Crippen LogP contribution in [0.5, 0.6) is 11.5 Å². The minimum absolute atomic E-state index is 0.211. The molecule has 5 heteroatoms. The van der Waals surface area contributed by atoms with E-state index in [1.54, 1.807) is 6.08 Å². The van der Waals surface area contributed by atoms with Gasteiger partial charge >= 0.3 is 0 Å². The molecule has 0 amide bonds. The molecule has 1 aliphatic heterocycles. The molecule has 0 radical (unpaired) electrons. The average molecular weight is 319 g/mol. The molecular formula is C18H25NO4. The fourth-order valence-electron chi connectivity index (χ4n) is 3.19. The van der Waals surface area contributed by atoms with Crippen LogP contribution in [0.4, 0.5) is 0 Å². The number of phenolic OH excluding ortho intramolecular Hbond substituents is 1. The van der Waals surface area contributed by atoms with E-state index < -0.39 is 5.60 Å². The van der Waals surface area contributed by atoms with Gasteiger partial charge in [0.2, 0.25) is 5.70 Å². The van der Waals surface area contributed by atoms with E-state index in [1.165, 1.54) is 0 Å². The zero-order chi connectivity index (χ0) is 17.4. The van der Waals surface area contributed by atoms with Crippen molar-refractivity contribution < 1.29 is 14.8 Å². The lowest BCUT2D eigenvalue weighted by Crippen LogP contribution is -2.36. The molecule has 1 unspecified atom stereocenters. The molecule has 1 aromatic carbocycles. The number of fused-ring (bicyclic) bond motifs is 1. The third-order valence-corrected chi connectivity index (χ3v) is 4.76. The Morgan fingerprint density at radius 2 is 2.00 bits per heavy atom. The fraction of sp³-hybridized carbons (Fsp3) is 0.556. The maximum absolute atomic E-state index is 11.2. The largest absolute Gasteiger partial charge is 0.507 e. The zero-order valence-corrected chi connectivity index (χ0v) is 14.5. The van der Waals surface area contributed by atoms with Crippen LogP contribution >= 0.6 is 0 Å². The first-order valence-corrected chi connectivity index (χ1v) is 8.07. The molecule has 1 N–H and O–H groups in total. The minimum Gasteiger partial charge on any atom is -0.507 e. The highest BCUT2D eigenvalue weighted by Gasteiger charge is 2.35. The summed E-state index contributed by atoms with van der Waals surface area (Å²) < 4.78 is 6.20. The van der Waals surface area contributed by atoms with Crippen LogP contribution < -0.4 is 4.74 Å². The molecule has 0 saturated carbocycles. The van der Waals surface area contributed by atoms with Crippen LogP contribution in [0, 0.1) is 30.9 Å². The Labute approximate surface area is 137 Å². The van der Waals surface area contributed by atoms with Crippen LogP contribution in [0.1, 0.15) is 55.4 Å². The Morgan fingerprint density at radius 3 is 2.57 bits per heavy atom. The van der Waals surface area contributed by atoms with Gasteiger partial charge in [0.25, 0.3) is 0 Å². The summed E-state index contributed by atoms with van der Waals surface area (Å²) in [4.78, 5) is 10.9. The normalized spacial score (nSPS) is 20.8. The van der Waals surface area contributed by atoms with Crippen molar-refractivity contribution in [1.29, 1.82) is 0 Å². The highest BCUT2D eigenvalue weighted by atomic mass is 16.6. The van der Waals surface area contributed by atoms with E-state index in [-0.39, 0.29) is 10.6 Å². The number of allylic oxidation sites excluding steroid dienone is 1. The number of rotatable bonds is 4. The molecule has 126 valence electrons. The van der Waals surface area contributed by atoms with E-state index in [9.17, 15) is 15.2 Å². The Bertz CT molecular complexity index is 678. The summed E-state index contributed by atoms with van der Waals surface area (Å²) in [5.74, 6) is 1.09. The standard InChI is InChI=1S/C18H25NO4/c1-6-7-14(19(21)22)10-18(5)9-8-15-13(4)16(20)11(2)12(3)17(15)23-18/h10,20H,6-9H2,1-5H3. The molecule has 1 aromatic rings. The molecule has 0 spiro atoms. The van der Waals surface area contributed by atoms with Crippen molar-refractivity contribution in [2.75, 3.05) is 0 Å². The molecule has 0 aromatic heterocycles. The molecular weight excluding hydrogens is 294 g/mol. The lowest BCUT2D eigenvalue weighted by molar-refractivity contribution is -0.428. The highest BCUT2D eigenvalue weighted by molar-refractivity contribution is 5.58. The summed E-state index contributed by atoms with van der Waals surface area (Å²) in [6, 6.07) is 0. The van der Waals surface area contributed by atoms with Crippen LogP contribution in [0.25, 0.3) is 0 Å². The van der Waals surface area contributed by atoms with Crippen molar-refractivity contribution in [3.8, 4) is 11.5 Å². The average Bonchev–Trinajstić information content (AvgIpc) is 2.50. The number of nitrogens with zero attached hydrogens (tertiary/aromatic N) is 1. The first kappa shape index (κ1) is 17.3. The van der Waals surface area contributed by atoms with Crippen molar-refractivity contribution in [3.63, 3.8) is 0 Å². The van der Waals surface area contributed by atoms with E-state index >= 15 is 0 Å². The predicted molar refractivity (Wildman–Crippen MR) is 89.7 cm³/mol. The second-order valence-corrected chi connectivity index (χ2v) is 6.59.